The molecule has 0 fully saturated rings. The molecule has 0 saturated carbocycles. The van der Waals surface area contributed by atoms with Gasteiger partial charge in [-0.15, -0.1) is 0 Å². The van der Waals surface area contributed by atoms with Crippen LogP contribution < -0.4 is 0 Å². The van der Waals surface area contributed by atoms with Crippen LogP contribution in [0, 0.1) is 0 Å². The average molecular weight is 755 g/mol. The Morgan fingerprint density at radius 3 is 1.33 bits per heavy atom. The van der Waals surface area contributed by atoms with E-state index in [9.17, 15) is 10.2 Å². The maximum atomic E-state index is 9.76. The Kier molecular flexibility index (Phi) is 15.2. The molecule has 0 atom stereocenters. The van der Waals surface area contributed by atoms with Crippen LogP contribution in [0.15, 0.2) is 72.8 Å². The Labute approximate surface area is 320 Å². The van der Waals surface area contributed by atoms with E-state index < -0.39 is 0 Å². The van der Waals surface area contributed by atoms with Crippen molar-refractivity contribution in [2.75, 3.05) is 80.3 Å². The molecule has 4 aromatic heterocycles. The third-order valence-corrected chi connectivity index (χ3v) is 8.96. The Morgan fingerprint density at radius 2 is 0.909 bits per heavy atom. The minimum absolute atomic E-state index is 0.154. The zero-order valence-electron chi connectivity index (χ0n) is 31.6. The molecule has 6 aromatic rings. The van der Waals surface area contributed by atoms with Crippen molar-refractivity contribution in [2.24, 2.45) is 0 Å². The molecule has 0 aliphatic rings. The lowest BCUT2D eigenvalue weighted by Crippen LogP contribution is -2.12. The van der Waals surface area contributed by atoms with Gasteiger partial charge in [0.1, 0.15) is 11.4 Å². The first kappa shape index (κ1) is 40.0. The number of aromatic nitrogens is 6. The first-order valence-corrected chi connectivity index (χ1v) is 18.5. The van der Waals surface area contributed by atoms with Gasteiger partial charge in [-0.25, -0.2) is 19.9 Å². The van der Waals surface area contributed by atoms with Gasteiger partial charge in [0, 0.05) is 27.3 Å². The number of ether oxygens (including phenoxy) is 6. The molecule has 0 amide bonds. The molecule has 0 aliphatic heterocycles. The van der Waals surface area contributed by atoms with Gasteiger partial charge in [0.05, 0.1) is 113 Å². The van der Waals surface area contributed by atoms with Crippen LogP contribution in [0.5, 0.6) is 0 Å². The quantitative estimate of drug-likeness (QED) is 0.0839. The van der Waals surface area contributed by atoms with Gasteiger partial charge >= 0.3 is 0 Å². The first-order chi connectivity index (χ1) is 27.1. The third kappa shape index (κ3) is 10.8. The molecule has 2 aromatic carbocycles. The van der Waals surface area contributed by atoms with E-state index in [1.54, 1.807) is 26.4 Å². The number of hydrogen-bond acceptors (Lipinski definition) is 12. The van der Waals surface area contributed by atoms with Gasteiger partial charge in [-0.05, 0) is 66.1 Å². The lowest BCUT2D eigenvalue weighted by atomic mass is 10.0. The number of fused-ring (bicyclic) bond motifs is 2. The van der Waals surface area contributed by atoms with E-state index in [4.69, 9.17) is 38.4 Å². The van der Waals surface area contributed by atoms with Gasteiger partial charge in [0.25, 0.3) is 0 Å². The lowest BCUT2D eigenvalue weighted by molar-refractivity contribution is 0.0232. The van der Waals surface area contributed by atoms with Crippen molar-refractivity contribution in [1.82, 2.24) is 29.1 Å². The van der Waals surface area contributed by atoms with Gasteiger partial charge in [0.15, 0.2) is 11.6 Å². The highest BCUT2D eigenvalue weighted by atomic mass is 16.5. The normalized spacial score (nSPS) is 11.7. The monoisotopic (exact) mass is 754 g/mol. The van der Waals surface area contributed by atoms with E-state index in [1.165, 1.54) is 0 Å². The van der Waals surface area contributed by atoms with Crippen molar-refractivity contribution in [2.45, 2.75) is 32.7 Å². The fourth-order valence-electron chi connectivity index (χ4n) is 6.27. The van der Waals surface area contributed by atoms with Gasteiger partial charge in [-0.3, -0.25) is 0 Å². The van der Waals surface area contributed by atoms with Crippen LogP contribution in [0.1, 0.15) is 22.5 Å². The van der Waals surface area contributed by atoms with Crippen LogP contribution >= 0.6 is 0 Å². The number of rotatable bonds is 24. The van der Waals surface area contributed by atoms with Crippen molar-refractivity contribution in [3.63, 3.8) is 0 Å². The number of hydrogen-bond donors (Lipinski definition) is 2. The van der Waals surface area contributed by atoms with Crippen LogP contribution in [-0.4, -0.2) is 120 Å². The van der Waals surface area contributed by atoms with E-state index >= 15 is 0 Å². The van der Waals surface area contributed by atoms with Crippen LogP contribution in [0.3, 0.4) is 0 Å². The summed E-state index contributed by atoms with van der Waals surface area (Å²) in [6.07, 6.45) is 0.672. The maximum Gasteiger partial charge on any atom is 0.159 e. The molecule has 6 rings (SSSR count). The van der Waals surface area contributed by atoms with Gasteiger partial charge in [-0.2, -0.15) is 0 Å². The minimum atomic E-state index is -0.154. The highest BCUT2D eigenvalue weighted by molar-refractivity contribution is 5.82. The summed E-state index contributed by atoms with van der Waals surface area (Å²) < 4.78 is 37.1. The van der Waals surface area contributed by atoms with E-state index in [0.717, 1.165) is 33.2 Å². The molecule has 0 saturated heterocycles. The Balaban J connectivity index is 1.22. The summed E-state index contributed by atoms with van der Waals surface area (Å²) in [4.78, 5) is 19.4. The largest absolute Gasteiger partial charge is 0.390 e. The molecular weight excluding hydrogens is 704 g/mol. The molecule has 4 heterocycles. The second-order valence-corrected chi connectivity index (χ2v) is 12.8. The van der Waals surface area contributed by atoms with Crippen molar-refractivity contribution >= 4 is 22.1 Å². The summed E-state index contributed by atoms with van der Waals surface area (Å²) in [5.74, 6) is 1.42. The number of aliphatic hydroxyl groups is 2. The molecule has 14 nitrogen and oxygen atoms in total. The van der Waals surface area contributed by atoms with Crippen LogP contribution in [-0.2, 0) is 61.1 Å². The van der Waals surface area contributed by atoms with E-state index in [1.807, 2.05) is 24.3 Å². The number of pyridine rings is 2. The predicted octanol–water partition coefficient (Wildman–Crippen LogP) is 4.44. The summed E-state index contributed by atoms with van der Waals surface area (Å²) in [5, 5.41) is 19.5. The zero-order chi connectivity index (χ0) is 38.2. The van der Waals surface area contributed by atoms with Crippen LogP contribution in [0.2, 0.25) is 0 Å². The summed E-state index contributed by atoms with van der Waals surface area (Å²) >= 11 is 0. The van der Waals surface area contributed by atoms with Crippen LogP contribution in [0.4, 0.5) is 0 Å². The third-order valence-electron chi connectivity index (χ3n) is 8.96. The second-order valence-electron chi connectivity index (χ2n) is 12.8. The first-order valence-electron chi connectivity index (χ1n) is 18.5. The minimum Gasteiger partial charge on any atom is -0.390 e. The van der Waals surface area contributed by atoms with E-state index in [2.05, 4.69) is 55.5 Å². The van der Waals surface area contributed by atoms with Gasteiger partial charge < -0.3 is 47.8 Å². The molecule has 14 heteroatoms. The summed E-state index contributed by atoms with van der Waals surface area (Å²) in [7, 11) is 3.30. The van der Waals surface area contributed by atoms with Crippen molar-refractivity contribution in [3.05, 3.63) is 95.3 Å². The van der Waals surface area contributed by atoms with E-state index in [0.29, 0.717) is 120 Å². The Bertz CT molecular complexity index is 1950. The standard InChI is InChI=1S/C41H50N6O8/c1-50-17-19-54-23-21-52-15-13-46-38-11-9-30(26-36(38)44-40(46)34-7-3-5-32(28-48)42-34)25-31-10-12-39-37(27-31)45-41(35-8-4-6-33(29-49)43-35)47(39)14-16-53-22-24-55-20-18-51-2/h3-12,26-27,48-49H,13-25,28-29H2,1-2H3. The summed E-state index contributed by atoms with van der Waals surface area (Å²) in [5.41, 5.74) is 8.35. The Hall–Kier alpha value is -4.64. The topological polar surface area (TPSA) is 157 Å². The second kappa shape index (κ2) is 20.9. The number of benzene rings is 2. The average Bonchev–Trinajstić information content (AvgIpc) is 3.77. The van der Waals surface area contributed by atoms with Gasteiger partial charge in [-0.1, -0.05) is 24.3 Å². The molecular formula is C41H50N6O8. The van der Waals surface area contributed by atoms with Crippen molar-refractivity contribution in [3.8, 4) is 23.0 Å². The number of imidazole rings is 2. The molecule has 0 radical (unpaired) electrons. The highest BCUT2D eigenvalue weighted by Crippen LogP contribution is 2.28. The number of aliphatic hydroxyl groups excluding tert-OH is 2. The predicted molar refractivity (Wildman–Crippen MR) is 208 cm³/mol. The summed E-state index contributed by atoms with van der Waals surface area (Å²) in [6.45, 7) is 5.86. The number of methoxy groups -OCH3 is 2. The molecule has 292 valence electrons. The molecule has 0 aliphatic carbocycles. The zero-order valence-corrected chi connectivity index (χ0v) is 31.6. The maximum absolute atomic E-state index is 9.76. The molecule has 55 heavy (non-hydrogen) atoms. The highest BCUT2D eigenvalue weighted by Gasteiger charge is 2.17. The van der Waals surface area contributed by atoms with Crippen LogP contribution in [0.25, 0.3) is 45.1 Å². The SMILES string of the molecule is COCCOCCOCCn1c(-c2cccc(CO)n2)nc2cc(Cc3ccc4c(c3)nc(-c3cccc(CO)n3)n4CCOCCOCCOC)ccc21. The smallest absolute Gasteiger partial charge is 0.159 e. The molecule has 0 spiro atoms. The molecule has 0 bridgehead atoms. The summed E-state index contributed by atoms with van der Waals surface area (Å²) in [6, 6.07) is 23.8. The van der Waals surface area contributed by atoms with E-state index in [-0.39, 0.29) is 13.2 Å². The lowest BCUT2D eigenvalue weighted by Gasteiger charge is -2.11. The fraction of sp³-hybridized carbons (Fsp3) is 0.415. The van der Waals surface area contributed by atoms with Crippen molar-refractivity contribution in [1.29, 1.82) is 0 Å². The fourth-order valence-corrected chi connectivity index (χ4v) is 6.27. The molecule has 0 unspecified atom stereocenters. The number of nitrogens with zero attached hydrogens (tertiary/aromatic N) is 6. The molecule has 2 N–H and O–H groups in total. The Morgan fingerprint density at radius 1 is 0.491 bits per heavy atom. The van der Waals surface area contributed by atoms with Crippen molar-refractivity contribution < 1.29 is 38.6 Å². The van der Waals surface area contributed by atoms with Gasteiger partial charge in [0.2, 0.25) is 0 Å².